The third kappa shape index (κ3) is 4.47. The first-order chi connectivity index (χ1) is 12.1. The summed E-state index contributed by atoms with van der Waals surface area (Å²) in [6, 6.07) is 6.37. The van der Waals surface area contributed by atoms with Gasteiger partial charge in [-0.05, 0) is 37.6 Å². The van der Waals surface area contributed by atoms with Crippen LogP contribution in [0.2, 0.25) is 0 Å². The highest BCUT2D eigenvalue weighted by molar-refractivity contribution is 7.07. The van der Waals surface area contributed by atoms with Crippen LogP contribution in [-0.4, -0.2) is 29.6 Å². The van der Waals surface area contributed by atoms with Crippen LogP contribution in [0.4, 0.5) is 5.69 Å². The molecule has 1 aromatic carbocycles. The molecule has 0 atom stereocenters. The van der Waals surface area contributed by atoms with E-state index in [0.29, 0.717) is 40.3 Å². The Labute approximate surface area is 163 Å². The Balaban J connectivity index is 0.00000243. The number of fused-ring (bicyclic) bond motifs is 1. The predicted octanol–water partition coefficient (Wildman–Crippen LogP) is -2.47. The third-order valence-corrected chi connectivity index (χ3v) is 4.65. The van der Waals surface area contributed by atoms with Crippen molar-refractivity contribution in [2.75, 3.05) is 18.5 Å². The van der Waals surface area contributed by atoms with E-state index in [1.54, 1.807) is 35.8 Å². The Morgan fingerprint density at radius 1 is 1.35 bits per heavy atom. The molecule has 1 amide bonds. The molecule has 1 aliphatic rings. The van der Waals surface area contributed by atoms with Gasteiger partial charge in [-0.25, -0.2) is 4.79 Å². The van der Waals surface area contributed by atoms with Crippen molar-refractivity contribution >= 4 is 35.0 Å². The highest BCUT2D eigenvalue weighted by Gasteiger charge is 2.10. The number of rotatable bonds is 4. The Hall–Kier alpha value is -2.26. The van der Waals surface area contributed by atoms with Crippen LogP contribution >= 0.6 is 11.3 Å². The first kappa shape index (κ1) is 20.1. The molecule has 0 unspecified atom stereocenters. The molecule has 9 heteroatoms. The fraction of sp³-hybridized carbons (Fsp3) is 0.294. The Morgan fingerprint density at radius 2 is 2.08 bits per heavy atom. The number of anilines is 1. The zero-order valence-electron chi connectivity index (χ0n) is 14.0. The number of hydrogen-bond donors (Lipinski definition) is 1. The molecule has 0 saturated carbocycles. The van der Waals surface area contributed by atoms with Crippen LogP contribution in [0.25, 0.3) is 6.08 Å². The number of carbonyl (C=O) groups is 2. The molecule has 26 heavy (non-hydrogen) atoms. The highest BCUT2D eigenvalue weighted by Crippen LogP contribution is 2.10. The molecule has 1 N–H and O–H groups in total. The Bertz CT molecular complexity index is 979. The van der Waals surface area contributed by atoms with Gasteiger partial charge in [-0.15, -0.1) is 0 Å². The van der Waals surface area contributed by atoms with Crippen LogP contribution in [0.3, 0.4) is 0 Å². The summed E-state index contributed by atoms with van der Waals surface area (Å²) in [4.78, 5) is 40.9. The monoisotopic (exact) mass is 438 g/mol. The van der Waals surface area contributed by atoms with Crippen molar-refractivity contribution in [3.05, 3.63) is 49.5 Å². The predicted molar refractivity (Wildman–Crippen MR) is 94.3 cm³/mol. The van der Waals surface area contributed by atoms with E-state index in [1.165, 1.54) is 17.4 Å². The molecular formula is C17H17BrN3O4S-. The molecule has 3 rings (SSSR count). The highest BCUT2D eigenvalue weighted by atomic mass is 79.9. The summed E-state index contributed by atoms with van der Waals surface area (Å²) in [6.45, 7) is 3.39. The van der Waals surface area contributed by atoms with E-state index in [-0.39, 0.29) is 22.5 Å². The van der Waals surface area contributed by atoms with E-state index in [0.717, 1.165) is 6.42 Å². The molecule has 0 radical (unpaired) electrons. The summed E-state index contributed by atoms with van der Waals surface area (Å²) < 4.78 is 6.86. The van der Waals surface area contributed by atoms with Gasteiger partial charge in [0.2, 0.25) is 5.91 Å². The summed E-state index contributed by atoms with van der Waals surface area (Å²) in [6.07, 6.45) is 2.12. The van der Waals surface area contributed by atoms with Gasteiger partial charge in [-0.1, -0.05) is 11.3 Å². The molecule has 0 saturated heterocycles. The van der Waals surface area contributed by atoms with Gasteiger partial charge in [0.15, 0.2) is 4.80 Å². The number of amides is 1. The van der Waals surface area contributed by atoms with Gasteiger partial charge >= 0.3 is 5.97 Å². The van der Waals surface area contributed by atoms with Gasteiger partial charge < -0.3 is 27.0 Å². The van der Waals surface area contributed by atoms with Crippen molar-refractivity contribution in [1.82, 2.24) is 4.57 Å². The maximum atomic E-state index is 12.2. The van der Waals surface area contributed by atoms with E-state index >= 15 is 0 Å². The fourth-order valence-corrected chi connectivity index (χ4v) is 3.43. The van der Waals surface area contributed by atoms with Gasteiger partial charge in [0.1, 0.15) is 4.53 Å². The maximum absolute atomic E-state index is 12.2. The number of nitrogens with zero attached hydrogens (tertiary/aromatic N) is 2. The lowest BCUT2D eigenvalue weighted by molar-refractivity contribution is -0.110. The van der Waals surface area contributed by atoms with Crippen LogP contribution in [0.1, 0.15) is 23.7 Å². The lowest BCUT2D eigenvalue weighted by atomic mass is 10.2. The molecule has 0 aliphatic carbocycles. The van der Waals surface area contributed by atoms with Gasteiger partial charge in [0.25, 0.3) is 5.56 Å². The van der Waals surface area contributed by atoms with E-state index < -0.39 is 11.9 Å². The fourth-order valence-electron chi connectivity index (χ4n) is 2.43. The lowest BCUT2D eigenvalue weighted by Crippen LogP contribution is -3.00. The summed E-state index contributed by atoms with van der Waals surface area (Å²) in [5.41, 5.74) is 0.756. The molecule has 0 spiro atoms. The number of benzene rings is 1. The minimum absolute atomic E-state index is 0. The van der Waals surface area contributed by atoms with Crippen LogP contribution < -0.4 is 37.2 Å². The molecule has 2 aromatic rings. The molecule has 2 heterocycles. The second-order valence-electron chi connectivity index (χ2n) is 5.37. The Morgan fingerprint density at radius 3 is 2.73 bits per heavy atom. The van der Waals surface area contributed by atoms with Gasteiger partial charge in [0, 0.05) is 24.9 Å². The van der Waals surface area contributed by atoms with E-state index in [2.05, 4.69) is 10.3 Å². The van der Waals surface area contributed by atoms with Gasteiger partial charge in [-0.2, -0.15) is 0 Å². The quantitative estimate of drug-likeness (QED) is 0.535. The smallest absolute Gasteiger partial charge is 0.338 e. The van der Waals surface area contributed by atoms with Crippen molar-refractivity contribution in [2.24, 2.45) is 4.99 Å². The number of esters is 1. The molecule has 1 aliphatic heterocycles. The standard InChI is InChI=1S/C17H17N3O4S.BrH/c1-2-24-16(23)11-4-6-12(7-5-11)19-14(21)10-13-15(22)20-9-3-8-18-17(20)25-13;/h4-7,10H,2-3,8-9H2,1H3,(H,19,21);1H/p-1/b13-10-;. The van der Waals surface area contributed by atoms with Crippen molar-refractivity contribution < 1.29 is 31.3 Å². The summed E-state index contributed by atoms with van der Waals surface area (Å²) in [7, 11) is 0. The summed E-state index contributed by atoms with van der Waals surface area (Å²) in [5.74, 6) is -0.812. The van der Waals surface area contributed by atoms with E-state index in [9.17, 15) is 14.4 Å². The summed E-state index contributed by atoms with van der Waals surface area (Å²) >= 11 is 1.22. The zero-order valence-corrected chi connectivity index (χ0v) is 16.4. The molecular weight excluding hydrogens is 422 g/mol. The first-order valence-corrected chi connectivity index (χ1v) is 8.74. The van der Waals surface area contributed by atoms with E-state index in [4.69, 9.17) is 4.74 Å². The minimum Gasteiger partial charge on any atom is -1.00 e. The number of thiazole rings is 1. The van der Waals surface area contributed by atoms with Crippen LogP contribution in [-0.2, 0) is 16.1 Å². The molecule has 138 valence electrons. The lowest BCUT2D eigenvalue weighted by Gasteiger charge is -2.04. The zero-order chi connectivity index (χ0) is 17.8. The number of ether oxygens (including phenoxy) is 1. The molecule has 1 aromatic heterocycles. The molecule has 0 bridgehead atoms. The van der Waals surface area contributed by atoms with Crippen LogP contribution in [0, 0.1) is 0 Å². The normalized spacial score (nSPS) is 13.2. The summed E-state index contributed by atoms with van der Waals surface area (Å²) in [5, 5.41) is 2.68. The number of halogens is 1. The van der Waals surface area contributed by atoms with Crippen LogP contribution in [0.15, 0.2) is 34.1 Å². The Kier molecular flexibility index (Phi) is 6.87. The van der Waals surface area contributed by atoms with Crippen molar-refractivity contribution in [1.29, 1.82) is 0 Å². The van der Waals surface area contributed by atoms with E-state index in [1.807, 2.05) is 0 Å². The number of carbonyl (C=O) groups excluding carboxylic acids is 2. The van der Waals surface area contributed by atoms with Crippen molar-refractivity contribution in [3.63, 3.8) is 0 Å². The second kappa shape index (κ2) is 8.91. The number of nitrogens with one attached hydrogen (secondary N) is 1. The second-order valence-corrected chi connectivity index (χ2v) is 6.38. The van der Waals surface area contributed by atoms with Gasteiger partial charge in [0.05, 0.1) is 12.2 Å². The number of hydrogen-bond acceptors (Lipinski definition) is 6. The first-order valence-electron chi connectivity index (χ1n) is 7.92. The SMILES string of the molecule is CCOC(=O)c1ccc(NC(=O)/C=c2\sc3n(c2=O)CCCN=3)cc1.[Br-]. The molecule has 0 fully saturated rings. The average Bonchev–Trinajstić information content (AvgIpc) is 2.92. The third-order valence-electron chi connectivity index (χ3n) is 3.60. The van der Waals surface area contributed by atoms with Crippen molar-refractivity contribution in [3.8, 4) is 0 Å². The van der Waals surface area contributed by atoms with Gasteiger partial charge in [-0.3, -0.25) is 19.1 Å². The number of aromatic nitrogens is 1. The maximum Gasteiger partial charge on any atom is 0.338 e. The minimum atomic E-state index is -0.409. The topological polar surface area (TPSA) is 89.8 Å². The molecule has 7 nitrogen and oxygen atoms in total. The largest absolute Gasteiger partial charge is 1.00 e. The van der Waals surface area contributed by atoms with Crippen LogP contribution in [0.5, 0.6) is 0 Å². The average molecular weight is 439 g/mol. The van der Waals surface area contributed by atoms with Crippen molar-refractivity contribution in [2.45, 2.75) is 19.9 Å².